The highest BCUT2D eigenvalue weighted by molar-refractivity contribution is 7.99. The Morgan fingerprint density at radius 2 is 1.80 bits per heavy atom. The smallest absolute Gasteiger partial charge is 0.238 e. The lowest BCUT2D eigenvalue weighted by molar-refractivity contribution is 0.102. The number of nitrogens with two attached hydrogens (primary N) is 1. The lowest BCUT2D eigenvalue weighted by Crippen LogP contribution is -2.11. The molecule has 0 fully saturated rings. The summed E-state index contributed by atoms with van der Waals surface area (Å²) in [5.74, 6) is -0.0321. The molecule has 0 spiro atoms. The van der Waals surface area contributed by atoms with Gasteiger partial charge in [-0.15, -0.1) is 0 Å². The highest BCUT2D eigenvalue weighted by Crippen LogP contribution is 2.26. The van der Waals surface area contributed by atoms with Gasteiger partial charge in [0.15, 0.2) is 10.9 Å². The van der Waals surface area contributed by atoms with Crippen molar-refractivity contribution < 1.29 is 21.6 Å². The zero-order valence-electron chi connectivity index (χ0n) is 16.2. The molecule has 0 saturated carbocycles. The first-order valence-corrected chi connectivity index (χ1v) is 13.2. The van der Waals surface area contributed by atoms with E-state index in [1.807, 2.05) is 11.5 Å². The summed E-state index contributed by atoms with van der Waals surface area (Å²) in [6, 6.07) is 10.6. The van der Waals surface area contributed by atoms with Gasteiger partial charge < -0.3 is 4.57 Å². The molecule has 0 aliphatic carbocycles. The van der Waals surface area contributed by atoms with Crippen LogP contribution in [0, 0.1) is 0 Å². The van der Waals surface area contributed by atoms with Crippen molar-refractivity contribution in [1.29, 1.82) is 0 Å². The number of benzene rings is 2. The Labute approximate surface area is 178 Å². The molecule has 0 atom stereocenters. The van der Waals surface area contributed by atoms with E-state index in [1.54, 1.807) is 18.2 Å². The Hall–Kier alpha value is -2.41. The topological polar surface area (TPSA) is 141 Å². The molecule has 30 heavy (non-hydrogen) atoms. The summed E-state index contributed by atoms with van der Waals surface area (Å²) in [7, 11) is -7.22. The van der Waals surface area contributed by atoms with Crippen LogP contribution in [0.4, 0.5) is 5.69 Å². The molecule has 0 radical (unpaired) electrons. The molecule has 3 rings (SSSR count). The van der Waals surface area contributed by atoms with Crippen LogP contribution >= 0.6 is 11.8 Å². The number of hydrogen-bond acceptors (Lipinski definition) is 7. The predicted octanol–water partition coefficient (Wildman–Crippen LogP) is 2.05. The zero-order chi connectivity index (χ0) is 22.1. The van der Waals surface area contributed by atoms with Gasteiger partial charge in [0, 0.05) is 17.8 Å². The second-order valence-electron chi connectivity index (χ2n) is 6.50. The van der Waals surface area contributed by atoms with Crippen molar-refractivity contribution in [2.24, 2.45) is 5.14 Å². The van der Waals surface area contributed by atoms with Gasteiger partial charge in [-0.05, 0) is 49.4 Å². The number of rotatable bonds is 8. The molecule has 160 valence electrons. The van der Waals surface area contributed by atoms with Gasteiger partial charge in [0.2, 0.25) is 20.0 Å². The Morgan fingerprint density at radius 1 is 1.13 bits per heavy atom. The molecule has 0 amide bonds. The van der Waals surface area contributed by atoms with E-state index in [2.05, 4.69) is 9.71 Å². The molecule has 0 saturated heterocycles. The van der Waals surface area contributed by atoms with E-state index in [-0.39, 0.29) is 16.4 Å². The molecule has 12 heteroatoms. The number of thioether (sulfide) groups is 1. The van der Waals surface area contributed by atoms with Crippen molar-refractivity contribution in [2.75, 3.05) is 16.7 Å². The third kappa shape index (κ3) is 5.19. The molecule has 1 aromatic heterocycles. The number of Topliss-reactive ketones (excluding diaryl/α,β-unsaturated/α-hetero) is 1. The van der Waals surface area contributed by atoms with Crippen LogP contribution in [0.2, 0.25) is 0 Å². The van der Waals surface area contributed by atoms with E-state index >= 15 is 0 Å². The first-order chi connectivity index (χ1) is 14.0. The summed E-state index contributed by atoms with van der Waals surface area (Å²) in [5.41, 5.74) is 2.04. The number of hydrogen-bond donors (Lipinski definition) is 2. The maximum Gasteiger partial charge on any atom is 0.238 e. The van der Waals surface area contributed by atoms with Gasteiger partial charge in [0.25, 0.3) is 0 Å². The molecule has 2 aromatic carbocycles. The summed E-state index contributed by atoms with van der Waals surface area (Å²) in [6.45, 7) is 2.52. The molecule has 0 aliphatic heterocycles. The average molecular weight is 469 g/mol. The normalized spacial score (nSPS) is 12.2. The number of primary sulfonamides is 1. The molecular weight excluding hydrogens is 448 g/mol. The summed E-state index contributed by atoms with van der Waals surface area (Å²) in [5, 5.41) is 5.77. The Kier molecular flexibility index (Phi) is 6.22. The Bertz CT molecular complexity index is 1310. The van der Waals surface area contributed by atoms with Crippen LogP contribution in [0.5, 0.6) is 0 Å². The van der Waals surface area contributed by atoms with Crippen LogP contribution in [-0.4, -0.2) is 44.2 Å². The fraction of sp³-hybridized carbons (Fsp3) is 0.222. The van der Waals surface area contributed by atoms with Crippen LogP contribution in [-0.2, 0) is 26.6 Å². The van der Waals surface area contributed by atoms with Gasteiger partial charge in [0.1, 0.15) is 0 Å². The van der Waals surface area contributed by atoms with Gasteiger partial charge in [0.05, 0.1) is 27.9 Å². The third-order valence-corrected chi connectivity index (χ3v) is 6.67. The number of fused-ring (bicyclic) bond motifs is 1. The van der Waals surface area contributed by atoms with Crippen molar-refractivity contribution in [2.45, 2.75) is 23.5 Å². The van der Waals surface area contributed by atoms with Gasteiger partial charge in [-0.1, -0.05) is 11.8 Å². The Morgan fingerprint density at radius 3 is 2.37 bits per heavy atom. The van der Waals surface area contributed by atoms with Gasteiger partial charge in [-0.25, -0.2) is 27.0 Å². The minimum absolute atomic E-state index is 0.0221. The molecule has 0 bridgehead atoms. The monoisotopic (exact) mass is 468 g/mol. The van der Waals surface area contributed by atoms with E-state index in [9.17, 15) is 21.6 Å². The summed E-state index contributed by atoms with van der Waals surface area (Å²) < 4.78 is 49.9. The lowest BCUT2D eigenvalue weighted by Gasteiger charge is -2.07. The molecular formula is C18H20N4O5S3. The van der Waals surface area contributed by atoms with Crippen molar-refractivity contribution >= 4 is 54.3 Å². The minimum atomic E-state index is -3.83. The number of anilines is 1. The number of ketones is 1. The maximum atomic E-state index is 12.5. The minimum Gasteiger partial charge on any atom is -0.319 e. The van der Waals surface area contributed by atoms with Crippen LogP contribution in [0.15, 0.2) is 52.5 Å². The second kappa shape index (κ2) is 8.38. The Balaban J connectivity index is 1.78. The number of sulfonamides is 2. The van der Waals surface area contributed by atoms with E-state index in [4.69, 9.17) is 5.14 Å². The van der Waals surface area contributed by atoms with Crippen molar-refractivity contribution in [1.82, 2.24) is 9.55 Å². The quantitative estimate of drug-likeness (QED) is 0.381. The highest BCUT2D eigenvalue weighted by atomic mass is 32.2. The van der Waals surface area contributed by atoms with Gasteiger partial charge in [-0.2, -0.15) is 0 Å². The van der Waals surface area contributed by atoms with Crippen LogP contribution < -0.4 is 9.86 Å². The lowest BCUT2D eigenvalue weighted by atomic mass is 10.1. The summed E-state index contributed by atoms with van der Waals surface area (Å²) in [6.07, 6.45) is 1.05. The van der Waals surface area contributed by atoms with Gasteiger partial charge in [-0.3, -0.25) is 9.52 Å². The SMILES string of the molecule is CCn1c(SCC(=O)c2ccc(NS(C)(=O)=O)cc2)nc2cc(S(N)(=O)=O)ccc21. The number of nitrogens with zero attached hydrogens (tertiary/aromatic N) is 2. The molecule has 1 heterocycles. The largest absolute Gasteiger partial charge is 0.319 e. The highest BCUT2D eigenvalue weighted by Gasteiger charge is 2.16. The van der Waals surface area contributed by atoms with Crippen LogP contribution in [0.3, 0.4) is 0 Å². The number of aromatic nitrogens is 2. The standard InChI is InChI=1S/C18H20N4O5S3/c1-3-22-16-9-8-14(30(19,26)27)10-15(16)20-18(22)28-11-17(23)12-4-6-13(7-5-12)21-29(2,24)25/h4-10,21H,3,11H2,1-2H3,(H2,19,26,27). The predicted molar refractivity (Wildman–Crippen MR) is 117 cm³/mol. The van der Waals surface area contributed by atoms with Crippen LogP contribution in [0.1, 0.15) is 17.3 Å². The number of carbonyl (C=O) groups excluding carboxylic acids is 1. The summed E-state index contributed by atoms with van der Waals surface area (Å²) in [4.78, 5) is 17.0. The zero-order valence-corrected chi connectivity index (χ0v) is 18.6. The fourth-order valence-electron chi connectivity index (χ4n) is 2.83. The first-order valence-electron chi connectivity index (χ1n) is 8.75. The molecule has 3 aromatic rings. The van der Waals surface area contributed by atoms with Crippen molar-refractivity contribution in [3.05, 3.63) is 48.0 Å². The molecule has 3 N–H and O–H groups in total. The number of carbonyl (C=O) groups is 1. The second-order valence-corrected chi connectivity index (χ2v) is 10.7. The number of imidazole rings is 1. The van der Waals surface area contributed by atoms with Crippen molar-refractivity contribution in [3.63, 3.8) is 0 Å². The molecule has 0 aliphatic rings. The molecule has 9 nitrogen and oxygen atoms in total. The summed E-state index contributed by atoms with van der Waals surface area (Å²) >= 11 is 1.24. The average Bonchev–Trinajstić information content (AvgIpc) is 3.01. The van der Waals surface area contributed by atoms with E-state index in [0.29, 0.717) is 28.5 Å². The maximum absolute atomic E-state index is 12.5. The fourth-order valence-corrected chi connectivity index (χ4v) is 4.90. The van der Waals surface area contributed by atoms with E-state index in [1.165, 1.54) is 36.0 Å². The third-order valence-electron chi connectivity index (χ3n) is 4.17. The van der Waals surface area contributed by atoms with E-state index < -0.39 is 20.0 Å². The van der Waals surface area contributed by atoms with Crippen LogP contribution in [0.25, 0.3) is 11.0 Å². The van der Waals surface area contributed by atoms with E-state index in [0.717, 1.165) is 11.8 Å². The number of aryl methyl sites for hydroxylation is 1. The molecule has 0 unspecified atom stereocenters. The first kappa shape index (κ1) is 22.3. The van der Waals surface area contributed by atoms with Crippen molar-refractivity contribution in [3.8, 4) is 0 Å². The van der Waals surface area contributed by atoms with Gasteiger partial charge >= 0.3 is 0 Å². The number of nitrogens with one attached hydrogen (secondary N) is 1.